The molecule has 0 radical (unpaired) electrons. The molecule has 4 rings (SSSR count). The summed E-state index contributed by atoms with van der Waals surface area (Å²) in [5.41, 5.74) is 1.93. The molecule has 8 nitrogen and oxygen atoms in total. The molecule has 2 aromatic carbocycles. The molecule has 1 amide bonds. The van der Waals surface area contributed by atoms with Gasteiger partial charge in [0.2, 0.25) is 5.17 Å². The quantitative estimate of drug-likeness (QED) is 0.261. The van der Waals surface area contributed by atoms with Gasteiger partial charge in [0, 0.05) is 0 Å². The predicted molar refractivity (Wildman–Crippen MR) is 143 cm³/mol. The molecular weight excluding hydrogens is 567 g/mol. The Morgan fingerprint density at radius 2 is 1.94 bits per heavy atom. The second kappa shape index (κ2) is 10.6. The van der Waals surface area contributed by atoms with Gasteiger partial charge >= 0.3 is 0 Å². The first-order valence-corrected chi connectivity index (χ1v) is 12.5. The van der Waals surface area contributed by atoms with Crippen LogP contribution < -0.4 is 14.2 Å². The number of thioether (sulfide) groups is 1. The highest BCUT2D eigenvalue weighted by Gasteiger charge is 2.35. The van der Waals surface area contributed by atoms with Crippen LogP contribution in [0.3, 0.4) is 0 Å². The van der Waals surface area contributed by atoms with E-state index in [9.17, 15) is 4.79 Å². The number of amides is 1. The van der Waals surface area contributed by atoms with Crippen LogP contribution in [0.25, 0.3) is 6.08 Å². The molecule has 0 saturated carbocycles. The molecule has 2 aromatic rings. The monoisotopic (exact) mass is 590 g/mol. The maximum atomic E-state index is 12.6. The van der Waals surface area contributed by atoms with Gasteiger partial charge in [-0.2, -0.15) is 15.1 Å². The number of halogens is 1. The molecule has 0 unspecified atom stereocenters. The molecule has 0 fully saturated rings. The first-order chi connectivity index (χ1) is 16.4. The van der Waals surface area contributed by atoms with Crippen LogP contribution in [0.1, 0.15) is 24.5 Å². The van der Waals surface area contributed by atoms with Crippen molar-refractivity contribution < 1.29 is 19.0 Å². The van der Waals surface area contributed by atoms with Crippen LogP contribution in [-0.2, 0) is 4.79 Å². The zero-order valence-electron chi connectivity index (χ0n) is 18.9. The van der Waals surface area contributed by atoms with E-state index in [1.165, 1.54) is 16.8 Å². The van der Waals surface area contributed by atoms with E-state index in [0.29, 0.717) is 41.9 Å². The Morgan fingerprint density at radius 3 is 2.68 bits per heavy atom. The predicted octanol–water partition coefficient (Wildman–Crippen LogP) is 5.10. The Hall–Kier alpha value is -2.86. The first kappa shape index (κ1) is 24.3. The molecule has 0 atom stereocenters. The van der Waals surface area contributed by atoms with Gasteiger partial charge < -0.3 is 14.2 Å². The second-order valence-electron chi connectivity index (χ2n) is 7.36. The average Bonchev–Trinajstić information content (AvgIpc) is 3.24. The van der Waals surface area contributed by atoms with Crippen molar-refractivity contribution in [1.29, 1.82) is 5.41 Å². The fraction of sp³-hybridized carbons (Fsp3) is 0.250. The lowest BCUT2D eigenvalue weighted by atomic mass is 10.1. The number of fused-ring (bicyclic) bond motifs is 1. The van der Waals surface area contributed by atoms with Gasteiger partial charge in [0.05, 0.1) is 16.3 Å². The Labute approximate surface area is 215 Å². The lowest BCUT2D eigenvalue weighted by Gasteiger charge is -2.20. The molecule has 0 aliphatic carbocycles. The Bertz CT molecular complexity index is 1240. The summed E-state index contributed by atoms with van der Waals surface area (Å²) >= 11 is 3.48. The van der Waals surface area contributed by atoms with Crippen LogP contribution >= 0.6 is 34.4 Å². The number of methoxy groups -OCH3 is 1. The van der Waals surface area contributed by atoms with Crippen molar-refractivity contribution in [2.45, 2.75) is 20.3 Å². The lowest BCUT2D eigenvalue weighted by Crippen LogP contribution is -2.35. The lowest BCUT2D eigenvalue weighted by molar-refractivity contribution is -0.114. The summed E-state index contributed by atoms with van der Waals surface area (Å²) in [6.07, 6.45) is 2.35. The number of nitrogens with zero attached hydrogens (tertiary/aromatic N) is 3. The number of para-hydroxylation sites is 1. The zero-order valence-corrected chi connectivity index (χ0v) is 21.9. The van der Waals surface area contributed by atoms with E-state index in [2.05, 4.69) is 32.7 Å². The number of ether oxygens (including phenoxy) is 3. The smallest absolute Gasteiger partial charge is 0.283 e. The summed E-state index contributed by atoms with van der Waals surface area (Å²) < 4.78 is 18.1. The van der Waals surface area contributed by atoms with Crippen LogP contribution in [0.5, 0.6) is 17.2 Å². The number of hydrogen-bond donors (Lipinski definition) is 1. The molecule has 0 spiro atoms. The van der Waals surface area contributed by atoms with Gasteiger partial charge in [-0.15, -0.1) is 0 Å². The van der Waals surface area contributed by atoms with Crippen molar-refractivity contribution >= 4 is 62.4 Å². The second-order valence-corrected chi connectivity index (χ2v) is 9.57. The Morgan fingerprint density at radius 1 is 1.18 bits per heavy atom. The SMILES string of the molecule is CCC1=NN2C(=N)/C(=C\c3cc(I)c(OCCOc4ccccc4C)c(OC)c3)C(=O)N=C2S1. The van der Waals surface area contributed by atoms with Crippen LogP contribution in [-0.4, -0.2) is 47.3 Å². The molecule has 0 aromatic heterocycles. The first-order valence-electron chi connectivity index (χ1n) is 10.6. The summed E-state index contributed by atoms with van der Waals surface area (Å²) in [7, 11) is 1.56. The van der Waals surface area contributed by atoms with Gasteiger partial charge in [-0.3, -0.25) is 10.2 Å². The van der Waals surface area contributed by atoms with Crippen LogP contribution in [0.4, 0.5) is 0 Å². The number of amidine groups is 2. The number of aliphatic imine (C=N–C) groups is 1. The number of benzene rings is 2. The van der Waals surface area contributed by atoms with E-state index in [1.54, 1.807) is 19.3 Å². The van der Waals surface area contributed by atoms with E-state index in [-0.39, 0.29) is 11.4 Å². The molecule has 10 heteroatoms. The number of hydrazone groups is 1. The van der Waals surface area contributed by atoms with Crippen molar-refractivity contribution in [3.63, 3.8) is 0 Å². The number of carbonyl (C=O) groups excluding carboxylic acids is 1. The Balaban J connectivity index is 1.50. The molecule has 176 valence electrons. The number of rotatable bonds is 8. The van der Waals surface area contributed by atoms with Crippen molar-refractivity contribution in [1.82, 2.24) is 5.01 Å². The van der Waals surface area contributed by atoms with Gasteiger partial charge in [0.1, 0.15) is 24.0 Å². The minimum absolute atomic E-state index is 0.00797. The fourth-order valence-electron chi connectivity index (χ4n) is 3.32. The van der Waals surface area contributed by atoms with Crippen LogP contribution in [0, 0.1) is 15.9 Å². The van der Waals surface area contributed by atoms with E-state index in [1.807, 2.05) is 44.2 Å². The van der Waals surface area contributed by atoms with E-state index < -0.39 is 5.91 Å². The molecule has 2 heterocycles. The topological polar surface area (TPSA) is 96.6 Å². The van der Waals surface area contributed by atoms with Crippen molar-refractivity contribution in [2.24, 2.45) is 10.1 Å². The maximum Gasteiger partial charge on any atom is 0.283 e. The number of nitrogens with one attached hydrogen (secondary N) is 1. The number of aryl methyl sites for hydroxylation is 1. The van der Waals surface area contributed by atoms with E-state index >= 15 is 0 Å². The van der Waals surface area contributed by atoms with E-state index in [0.717, 1.165) is 19.9 Å². The fourth-order valence-corrected chi connectivity index (χ4v) is 4.92. The maximum absolute atomic E-state index is 12.6. The molecular formula is C24H23IN4O4S. The van der Waals surface area contributed by atoms with Gasteiger partial charge in [-0.25, -0.2) is 0 Å². The van der Waals surface area contributed by atoms with E-state index in [4.69, 9.17) is 19.6 Å². The third kappa shape index (κ3) is 5.12. The normalized spacial score (nSPS) is 16.4. The summed E-state index contributed by atoms with van der Waals surface area (Å²) in [5, 5.41) is 15.5. The summed E-state index contributed by atoms with van der Waals surface area (Å²) in [4.78, 5) is 16.7. The van der Waals surface area contributed by atoms with Gasteiger partial charge in [-0.05, 0) is 83.1 Å². The highest BCUT2D eigenvalue weighted by molar-refractivity contribution is 14.1. The highest BCUT2D eigenvalue weighted by atomic mass is 127. The largest absolute Gasteiger partial charge is 0.493 e. The minimum Gasteiger partial charge on any atom is -0.493 e. The van der Waals surface area contributed by atoms with Crippen LogP contribution in [0.2, 0.25) is 0 Å². The summed E-state index contributed by atoms with van der Waals surface area (Å²) in [6, 6.07) is 11.5. The van der Waals surface area contributed by atoms with Crippen molar-refractivity contribution in [3.8, 4) is 17.2 Å². The highest BCUT2D eigenvalue weighted by Crippen LogP contribution is 2.35. The summed E-state index contributed by atoms with van der Waals surface area (Å²) in [6.45, 7) is 4.69. The van der Waals surface area contributed by atoms with Crippen LogP contribution in [0.15, 0.2) is 52.1 Å². The molecule has 0 bridgehead atoms. The molecule has 1 N–H and O–H groups in total. The third-order valence-corrected chi connectivity index (χ3v) is 6.90. The molecule has 2 aliphatic rings. The number of hydrogen-bond acceptors (Lipinski definition) is 7. The standard InChI is InChI=1S/C24H23IN4O4S/c1-4-20-28-29-22(26)16(23(30)27-24(29)34-20)11-15-12-17(25)21(19(13-15)31-3)33-10-9-32-18-8-6-5-7-14(18)2/h5-8,11-13,26H,4,9-10H2,1-3H3/b16-11+,26-22?. The number of carbonyl (C=O) groups is 1. The third-order valence-electron chi connectivity index (χ3n) is 5.04. The van der Waals surface area contributed by atoms with Gasteiger partial charge in [0.15, 0.2) is 17.3 Å². The van der Waals surface area contributed by atoms with Gasteiger partial charge in [-0.1, -0.05) is 25.1 Å². The summed E-state index contributed by atoms with van der Waals surface area (Å²) in [5.74, 6) is 1.49. The molecule has 34 heavy (non-hydrogen) atoms. The molecule has 0 saturated heterocycles. The van der Waals surface area contributed by atoms with Crippen molar-refractivity contribution in [2.75, 3.05) is 20.3 Å². The molecule has 2 aliphatic heterocycles. The Kier molecular flexibility index (Phi) is 7.57. The van der Waals surface area contributed by atoms with Gasteiger partial charge in [0.25, 0.3) is 5.91 Å². The average molecular weight is 590 g/mol. The zero-order chi connectivity index (χ0) is 24.2. The van der Waals surface area contributed by atoms with Crippen molar-refractivity contribution in [3.05, 3.63) is 56.7 Å². The minimum atomic E-state index is -0.459.